The first-order valence-corrected chi connectivity index (χ1v) is 8.23. The lowest BCUT2D eigenvalue weighted by atomic mass is 9.95. The quantitative estimate of drug-likeness (QED) is 0.592. The van der Waals surface area contributed by atoms with Gasteiger partial charge in [-0.2, -0.15) is 0 Å². The minimum absolute atomic E-state index is 0.171. The number of ether oxygens (including phenoxy) is 1. The Labute approximate surface area is 143 Å². The smallest absolute Gasteiger partial charge is 0.330 e. The van der Waals surface area contributed by atoms with Gasteiger partial charge in [-0.25, -0.2) is 4.79 Å². The van der Waals surface area contributed by atoms with Crippen LogP contribution in [0.5, 0.6) is 0 Å². The largest absolute Gasteiger partial charge is 0.462 e. The zero-order chi connectivity index (χ0) is 17.4. The number of rotatable bonds is 8. The summed E-state index contributed by atoms with van der Waals surface area (Å²) in [6.45, 7) is 5.97. The van der Waals surface area contributed by atoms with Gasteiger partial charge in [0.05, 0.1) is 6.61 Å². The predicted octanol–water partition coefficient (Wildman–Crippen LogP) is 3.86. The van der Waals surface area contributed by atoms with Crippen molar-refractivity contribution in [2.45, 2.75) is 26.2 Å². The minimum Gasteiger partial charge on any atom is -0.462 e. The van der Waals surface area contributed by atoms with Crippen molar-refractivity contribution in [3.8, 4) is 11.1 Å². The second kappa shape index (κ2) is 9.04. The maximum atomic E-state index is 11.2. The third kappa shape index (κ3) is 5.07. The highest BCUT2D eigenvalue weighted by Crippen LogP contribution is 2.24. The first-order valence-electron chi connectivity index (χ1n) is 8.23. The number of carbonyl (C=O) groups is 1. The van der Waals surface area contributed by atoms with Crippen molar-refractivity contribution >= 4 is 5.97 Å². The molecule has 0 aromatic heterocycles. The average molecular weight is 324 g/mol. The Morgan fingerprint density at radius 3 is 2.46 bits per heavy atom. The van der Waals surface area contributed by atoms with Gasteiger partial charge in [0, 0.05) is 19.1 Å². The number of hydrogen-bond acceptors (Lipinski definition) is 3. The Bertz CT molecular complexity index is 687. The number of esters is 1. The summed E-state index contributed by atoms with van der Waals surface area (Å²) < 4.78 is 5.11. The highest BCUT2D eigenvalue weighted by atomic mass is 16.5. The third-order valence-electron chi connectivity index (χ3n) is 3.98. The Hall–Kier alpha value is -2.39. The van der Waals surface area contributed by atoms with Crippen molar-refractivity contribution in [1.29, 1.82) is 0 Å². The summed E-state index contributed by atoms with van der Waals surface area (Å²) in [6, 6.07) is 14.8. The van der Waals surface area contributed by atoms with E-state index in [-0.39, 0.29) is 6.61 Å². The van der Waals surface area contributed by atoms with E-state index < -0.39 is 5.97 Å². The molecule has 0 atom stereocenters. The van der Waals surface area contributed by atoms with E-state index in [0.29, 0.717) is 13.0 Å². The summed E-state index contributed by atoms with van der Waals surface area (Å²) >= 11 is 0. The molecule has 0 saturated heterocycles. The van der Waals surface area contributed by atoms with E-state index in [1.807, 2.05) is 0 Å². The number of aliphatic hydroxyl groups is 1. The summed E-state index contributed by atoms with van der Waals surface area (Å²) in [6.07, 6.45) is 3.37. The fourth-order valence-electron chi connectivity index (χ4n) is 2.62. The van der Waals surface area contributed by atoms with Gasteiger partial charge in [0.1, 0.15) is 0 Å². The molecule has 0 bridgehead atoms. The van der Waals surface area contributed by atoms with Crippen LogP contribution in [0.15, 0.2) is 55.1 Å². The predicted molar refractivity (Wildman–Crippen MR) is 96.9 cm³/mol. The SMILES string of the molecule is C=CC(=O)OCCc1cc(-c2ccc(C)cc2)ccc1CCCO. The molecule has 0 aliphatic carbocycles. The van der Waals surface area contributed by atoms with Crippen molar-refractivity contribution < 1.29 is 14.6 Å². The fraction of sp³-hybridized carbons (Fsp3) is 0.286. The van der Waals surface area contributed by atoms with Crippen LogP contribution < -0.4 is 0 Å². The summed E-state index contributed by atoms with van der Waals surface area (Å²) in [4.78, 5) is 11.2. The molecule has 2 aromatic carbocycles. The van der Waals surface area contributed by atoms with E-state index in [1.165, 1.54) is 22.8 Å². The maximum Gasteiger partial charge on any atom is 0.330 e. The number of aryl methyl sites for hydroxylation is 2. The number of benzene rings is 2. The van der Waals surface area contributed by atoms with Crippen molar-refractivity contribution in [3.63, 3.8) is 0 Å². The van der Waals surface area contributed by atoms with Gasteiger partial charge in [0.2, 0.25) is 0 Å². The standard InChI is InChI=1S/C21H24O3/c1-3-21(23)24-14-12-20-15-19(11-10-17(20)5-4-13-22)18-8-6-16(2)7-9-18/h3,6-11,15,22H,1,4-5,12-14H2,2H3. The first-order chi connectivity index (χ1) is 11.6. The first kappa shape index (κ1) is 18.0. The third-order valence-corrected chi connectivity index (χ3v) is 3.98. The van der Waals surface area contributed by atoms with Crippen LogP contribution in [-0.2, 0) is 22.4 Å². The van der Waals surface area contributed by atoms with E-state index in [1.54, 1.807) is 0 Å². The highest BCUT2D eigenvalue weighted by Gasteiger charge is 2.07. The molecular weight excluding hydrogens is 300 g/mol. The molecule has 2 aromatic rings. The van der Waals surface area contributed by atoms with Gasteiger partial charge in [0.15, 0.2) is 0 Å². The molecule has 0 unspecified atom stereocenters. The van der Waals surface area contributed by atoms with Crippen molar-refractivity contribution in [2.24, 2.45) is 0 Å². The Balaban J connectivity index is 2.21. The second-order valence-electron chi connectivity index (χ2n) is 5.80. The Morgan fingerprint density at radius 2 is 1.79 bits per heavy atom. The van der Waals surface area contributed by atoms with Gasteiger partial charge in [-0.3, -0.25) is 0 Å². The summed E-state index contributed by atoms with van der Waals surface area (Å²) in [5.41, 5.74) is 5.88. The lowest BCUT2D eigenvalue weighted by molar-refractivity contribution is -0.137. The summed E-state index contributed by atoms with van der Waals surface area (Å²) in [5, 5.41) is 9.08. The van der Waals surface area contributed by atoms with E-state index in [4.69, 9.17) is 9.84 Å². The van der Waals surface area contributed by atoms with Crippen LogP contribution in [0.1, 0.15) is 23.1 Å². The fourth-order valence-corrected chi connectivity index (χ4v) is 2.62. The molecule has 0 radical (unpaired) electrons. The zero-order valence-electron chi connectivity index (χ0n) is 14.1. The van der Waals surface area contributed by atoms with E-state index in [2.05, 4.69) is 56.0 Å². The van der Waals surface area contributed by atoms with Gasteiger partial charge in [-0.1, -0.05) is 54.6 Å². The summed E-state index contributed by atoms with van der Waals surface area (Å²) in [7, 11) is 0. The molecule has 0 aliphatic rings. The molecule has 0 saturated carbocycles. The highest BCUT2D eigenvalue weighted by molar-refractivity contribution is 5.81. The lowest BCUT2D eigenvalue weighted by Crippen LogP contribution is -2.06. The lowest BCUT2D eigenvalue weighted by Gasteiger charge is -2.12. The van der Waals surface area contributed by atoms with Crippen LogP contribution in [0.25, 0.3) is 11.1 Å². The van der Waals surface area contributed by atoms with Gasteiger partial charge in [-0.15, -0.1) is 0 Å². The zero-order valence-corrected chi connectivity index (χ0v) is 14.1. The average Bonchev–Trinajstić information content (AvgIpc) is 2.61. The molecule has 0 amide bonds. The maximum absolute atomic E-state index is 11.2. The van der Waals surface area contributed by atoms with Crippen LogP contribution in [0, 0.1) is 6.92 Å². The topological polar surface area (TPSA) is 46.5 Å². The molecule has 2 rings (SSSR count). The molecule has 126 valence electrons. The second-order valence-corrected chi connectivity index (χ2v) is 5.80. The van der Waals surface area contributed by atoms with E-state index >= 15 is 0 Å². The molecule has 3 heteroatoms. The molecule has 0 spiro atoms. The number of aliphatic hydroxyl groups excluding tert-OH is 1. The Kier molecular flexibility index (Phi) is 6.76. The van der Waals surface area contributed by atoms with Crippen LogP contribution >= 0.6 is 0 Å². The van der Waals surface area contributed by atoms with Gasteiger partial charge >= 0.3 is 5.97 Å². The monoisotopic (exact) mass is 324 g/mol. The number of hydrogen-bond donors (Lipinski definition) is 1. The molecular formula is C21H24O3. The Morgan fingerprint density at radius 1 is 1.08 bits per heavy atom. The van der Waals surface area contributed by atoms with Crippen molar-refractivity contribution in [3.05, 3.63) is 71.8 Å². The van der Waals surface area contributed by atoms with E-state index in [0.717, 1.165) is 24.0 Å². The van der Waals surface area contributed by atoms with Crippen LogP contribution in [-0.4, -0.2) is 24.3 Å². The van der Waals surface area contributed by atoms with Crippen LogP contribution in [0.2, 0.25) is 0 Å². The minimum atomic E-state index is -0.401. The van der Waals surface area contributed by atoms with Gasteiger partial charge < -0.3 is 9.84 Å². The van der Waals surface area contributed by atoms with Crippen LogP contribution in [0.3, 0.4) is 0 Å². The molecule has 0 fully saturated rings. The molecule has 1 N–H and O–H groups in total. The van der Waals surface area contributed by atoms with E-state index in [9.17, 15) is 4.79 Å². The van der Waals surface area contributed by atoms with Crippen molar-refractivity contribution in [1.82, 2.24) is 0 Å². The number of carbonyl (C=O) groups excluding carboxylic acids is 1. The van der Waals surface area contributed by atoms with Gasteiger partial charge in [0.25, 0.3) is 0 Å². The summed E-state index contributed by atoms with van der Waals surface area (Å²) in [5.74, 6) is -0.401. The molecule has 0 aliphatic heterocycles. The van der Waals surface area contributed by atoms with Crippen LogP contribution in [0.4, 0.5) is 0 Å². The molecule has 0 heterocycles. The van der Waals surface area contributed by atoms with Gasteiger partial charge in [-0.05, 0) is 42.0 Å². The van der Waals surface area contributed by atoms with Crippen molar-refractivity contribution in [2.75, 3.05) is 13.2 Å². The molecule has 24 heavy (non-hydrogen) atoms. The normalized spacial score (nSPS) is 10.4. The molecule has 3 nitrogen and oxygen atoms in total.